The molecule has 1 fully saturated rings. The minimum atomic E-state index is -0.591. The molecular formula is C15H15FN4O2. The van der Waals surface area contributed by atoms with Crippen LogP contribution in [0.1, 0.15) is 0 Å². The van der Waals surface area contributed by atoms with Gasteiger partial charge in [0.1, 0.15) is 5.82 Å². The molecule has 0 atom stereocenters. The zero-order valence-electron chi connectivity index (χ0n) is 11.9. The van der Waals surface area contributed by atoms with Crippen molar-refractivity contribution in [1.29, 1.82) is 0 Å². The van der Waals surface area contributed by atoms with Crippen LogP contribution in [0.3, 0.4) is 0 Å². The van der Waals surface area contributed by atoms with Crippen molar-refractivity contribution in [2.75, 3.05) is 36.0 Å². The van der Waals surface area contributed by atoms with Crippen LogP contribution in [0.5, 0.6) is 0 Å². The standard InChI is InChI=1S/C15H15FN4O2/c16-13-11-12(20(21)22)4-5-14(13)18-7-9-19(10-8-18)15-3-1-2-6-17-15/h1-6,11H,7-10H2. The molecule has 1 saturated heterocycles. The molecule has 0 N–H and O–H groups in total. The van der Waals surface area contributed by atoms with Crippen LogP contribution in [0.25, 0.3) is 0 Å². The molecule has 7 heteroatoms. The Labute approximate surface area is 127 Å². The second-order valence-corrected chi connectivity index (χ2v) is 5.05. The average Bonchev–Trinajstić information content (AvgIpc) is 2.56. The average molecular weight is 302 g/mol. The lowest BCUT2D eigenvalue weighted by Crippen LogP contribution is -2.47. The third-order valence-corrected chi connectivity index (χ3v) is 3.74. The summed E-state index contributed by atoms with van der Waals surface area (Å²) >= 11 is 0. The van der Waals surface area contributed by atoms with Crippen LogP contribution in [0.2, 0.25) is 0 Å². The monoisotopic (exact) mass is 302 g/mol. The van der Waals surface area contributed by atoms with Gasteiger partial charge in [0.25, 0.3) is 5.69 Å². The number of nitrogens with zero attached hydrogens (tertiary/aromatic N) is 4. The van der Waals surface area contributed by atoms with Gasteiger partial charge in [-0.15, -0.1) is 0 Å². The highest BCUT2D eigenvalue weighted by Gasteiger charge is 2.21. The highest BCUT2D eigenvalue weighted by atomic mass is 19.1. The third kappa shape index (κ3) is 2.83. The normalized spacial score (nSPS) is 15.0. The maximum Gasteiger partial charge on any atom is 0.272 e. The lowest BCUT2D eigenvalue weighted by atomic mass is 10.2. The molecule has 3 rings (SSSR count). The summed E-state index contributed by atoms with van der Waals surface area (Å²) in [6.45, 7) is 2.75. The molecule has 2 aromatic rings. The molecule has 1 aromatic carbocycles. The number of rotatable bonds is 3. The van der Waals surface area contributed by atoms with Gasteiger partial charge in [0.05, 0.1) is 16.7 Å². The Balaban J connectivity index is 1.70. The van der Waals surface area contributed by atoms with Crippen LogP contribution in [0, 0.1) is 15.9 Å². The fraction of sp³-hybridized carbons (Fsp3) is 0.267. The summed E-state index contributed by atoms with van der Waals surface area (Å²) in [6, 6.07) is 9.53. The summed E-state index contributed by atoms with van der Waals surface area (Å²) in [5, 5.41) is 10.7. The second kappa shape index (κ2) is 5.97. The van der Waals surface area contributed by atoms with Crippen molar-refractivity contribution < 1.29 is 9.31 Å². The van der Waals surface area contributed by atoms with E-state index in [1.807, 2.05) is 23.1 Å². The van der Waals surface area contributed by atoms with Gasteiger partial charge in [-0.05, 0) is 18.2 Å². The van der Waals surface area contributed by atoms with Gasteiger partial charge < -0.3 is 9.80 Å². The molecule has 0 aliphatic carbocycles. The van der Waals surface area contributed by atoms with Crippen LogP contribution in [0.15, 0.2) is 42.6 Å². The van der Waals surface area contributed by atoms with Gasteiger partial charge in [-0.3, -0.25) is 10.1 Å². The summed E-state index contributed by atoms with van der Waals surface area (Å²) in [7, 11) is 0. The number of aromatic nitrogens is 1. The summed E-state index contributed by atoms with van der Waals surface area (Å²) < 4.78 is 14.0. The largest absolute Gasteiger partial charge is 0.366 e. The third-order valence-electron chi connectivity index (χ3n) is 3.74. The zero-order valence-corrected chi connectivity index (χ0v) is 11.9. The molecule has 0 amide bonds. The first kappa shape index (κ1) is 14.2. The van der Waals surface area contributed by atoms with Crippen LogP contribution in [-0.2, 0) is 0 Å². The molecule has 6 nitrogen and oxygen atoms in total. The Kier molecular flexibility index (Phi) is 3.86. The van der Waals surface area contributed by atoms with Crippen molar-refractivity contribution in [2.45, 2.75) is 0 Å². The lowest BCUT2D eigenvalue weighted by molar-refractivity contribution is -0.385. The van der Waals surface area contributed by atoms with Crippen LogP contribution < -0.4 is 9.80 Å². The first-order valence-electron chi connectivity index (χ1n) is 7.00. The molecular weight excluding hydrogens is 287 g/mol. The minimum absolute atomic E-state index is 0.228. The van der Waals surface area contributed by atoms with E-state index >= 15 is 0 Å². The lowest BCUT2D eigenvalue weighted by Gasteiger charge is -2.36. The van der Waals surface area contributed by atoms with Crippen molar-refractivity contribution in [3.8, 4) is 0 Å². The van der Waals surface area contributed by atoms with E-state index in [1.165, 1.54) is 12.1 Å². The summed E-state index contributed by atoms with van der Waals surface area (Å²) in [6.07, 6.45) is 1.75. The molecule has 114 valence electrons. The number of nitro benzene ring substituents is 1. The number of pyridine rings is 1. The maximum absolute atomic E-state index is 14.0. The fourth-order valence-electron chi connectivity index (χ4n) is 2.58. The number of benzene rings is 1. The van der Waals surface area contributed by atoms with E-state index in [1.54, 1.807) is 6.20 Å². The molecule has 1 aliphatic rings. The second-order valence-electron chi connectivity index (χ2n) is 5.05. The minimum Gasteiger partial charge on any atom is -0.366 e. The van der Waals surface area contributed by atoms with Crippen molar-refractivity contribution >= 4 is 17.2 Å². The van der Waals surface area contributed by atoms with Gasteiger partial charge >= 0.3 is 0 Å². The highest BCUT2D eigenvalue weighted by Crippen LogP contribution is 2.25. The van der Waals surface area contributed by atoms with Crippen LogP contribution >= 0.6 is 0 Å². The van der Waals surface area contributed by atoms with E-state index in [9.17, 15) is 14.5 Å². The molecule has 0 saturated carbocycles. The van der Waals surface area contributed by atoms with Crippen LogP contribution in [0.4, 0.5) is 21.6 Å². The van der Waals surface area contributed by atoms with Crippen molar-refractivity contribution in [1.82, 2.24) is 4.98 Å². The number of halogens is 1. The molecule has 0 unspecified atom stereocenters. The van der Waals surface area contributed by atoms with Gasteiger partial charge in [-0.1, -0.05) is 6.07 Å². The molecule has 1 aliphatic heterocycles. The highest BCUT2D eigenvalue weighted by molar-refractivity contribution is 5.54. The Bertz CT molecular complexity index is 672. The Morgan fingerprint density at radius 3 is 2.41 bits per heavy atom. The number of nitro groups is 1. The maximum atomic E-state index is 14.0. The molecule has 0 radical (unpaired) electrons. The first-order chi connectivity index (χ1) is 10.6. The van der Waals surface area contributed by atoms with Crippen LogP contribution in [-0.4, -0.2) is 36.1 Å². The SMILES string of the molecule is O=[N+]([O-])c1ccc(N2CCN(c3ccccn3)CC2)c(F)c1. The van der Waals surface area contributed by atoms with E-state index in [0.717, 1.165) is 25.0 Å². The molecule has 1 aromatic heterocycles. The van der Waals surface area contributed by atoms with Crippen molar-refractivity contribution in [2.24, 2.45) is 0 Å². The zero-order chi connectivity index (χ0) is 15.5. The number of non-ortho nitro benzene ring substituents is 1. The Morgan fingerprint density at radius 1 is 1.09 bits per heavy atom. The topological polar surface area (TPSA) is 62.5 Å². The number of hydrogen-bond acceptors (Lipinski definition) is 5. The number of piperazine rings is 1. The predicted molar refractivity (Wildman–Crippen MR) is 81.7 cm³/mol. The van der Waals surface area contributed by atoms with Crippen molar-refractivity contribution in [3.63, 3.8) is 0 Å². The summed E-state index contributed by atoms with van der Waals surface area (Å²) in [5.74, 6) is 0.354. The first-order valence-corrected chi connectivity index (χ1v) is 7.00. The van der Waals surface area contributed by atoms with Gasteiger partial charge in [0, 0.05) is 38.4 Å². The smallest absolute Gasteiger partial charge is 0.272 e. The summed E-state index contributed by atoms with van der Waals surface area (Å²) in [5.41, 5.74) is 0.180. The molecule has 22 heavy (non-hydrogen) atoms. The molecule has 2 heterocycles. The van der Waals surface area contributed by atoms with Crippen molar-refractivity contribution in [3.05, 3.63) is 58.5 Å². The van der Waals surface area contributed by atoms with Gasteiger partial charge in [0.2, 0.25) is 0 Å². The van der Waals surface area contributed by atoms with E-state index in [-0.39, 0.29) is 5.69 Å². The molecule has 0 spiro atoms. The predicted octanol–water partition coefficient (Wildman–Crippen LogP) is 2.46. The van der Waals surface area contributed by atoms with E-state index in [0.29, 0.717) is 18.8 Å². The molecule has 0 bridgehead atoms. The van der Waals surface area contributed by atoms with E-state index in [4.69, 9.17) is 0 Å². The Morgan fingerprint density at radius 2 is 1.82 bits per heavy atom. The summed E-state index contributed by atoms with van der Waals surface area (Å²) in [4.78, 5) is 18.4. The van der Waals surface area contributed by atoms with Gasteiger partial charge in [0.15, 0.2) is 5.82 Å². The fourth-order valence-corrected chi connectivity index (χ4v) is 2.58. The number of hydrogen-bond donors (Lipinski definition) is 0. The van der Waals surface area contributed by atoms with E-state index < -0.39 is 10.7 Å². The Hall–Kier alpha value is -2.70. The number of anilines is 2. The van der Waals surface area contributed by atoms with E-state index in [2.05, 4.69) is 9.88 Å². The quantitative estimate of drug-likeness (QED) is 0.644. The van der Waals surface area contributed by atoms with Gasteiger partial charge in [-0.2, -0.15) is 0 Å². The van der Waals surface area contributed by atoms with Gasteiger partial charge in [-0.25, -0.2) is 9.37 Å².